The molecule has 0 saturated heterocycles. The zero-order valence-corrected chi connectivity index (χ0v) is 17.1. The van der Waals surface area contributed by atoms with E-state index in [1.807, 2.05) is 66.7 Å². The Hall–Kier alpha value is -3.95. The Morgan fingerprint density at radius 1 is 0.967 bits per heavy atom. The van der Waals surface area contributed by atoms with Crippen LogP contribution in [-0.2, 0) is 0 Å². The number of ether oxygens (including phenoxy) is 1. The number of methoxy groups -OCH3 is 1. The summed E-state index contributed by atoms with van der Waals surface area (Å²) in [5.41, 5.74) is 4.61. The molecule has 4 rings (SSSR count). The molecular formula is C24H18N4OS. The van der Waals surface area contributed by atoms with Crippen molar-refractivity contribution in [2.24, 2.45) is 10.2 Å². The number of hydrogen-bond donors (Lipinski definition) is 0. The van der Waals surface area contributed by atoms with Gasteiger partial charge in [0.15, 0.2) is 0 Å². The van der Waals surface area contributed by atoms with Crippen molar-refractivity contribution < 1.29 is 4.74 Å². The molecule has 0 aliphatic rings. The number of para-hydroxylation sites is 1. The maximum Gasteiger partial charge on any atom is 0.215 e. The molecule has 4 aromatic rings. The third-order valence-corrected chi connectivity index (χ3v) is 5.31. The number of thiazole rings is 1. The first-order chi connectivity index (χ1) is 14.8. The zero-order chi connectivity index (χ0) is 20.8. The Morgan fingerprint density at radius 2 is 1.70 bits per heavy atom. The molecule has 5 nitrogen and oxygen atoms in total. The van der Waals surface area contributed by atoms with Crippen LogP contribution < -0.4 is 9.54 Å². The van der Waals surface area contributed by atoms with Crippen LogP contribution in [0, 0.1) is 11.3 Å². The second kappa shape index (κ2) is 9.03. The number of nitrogens with zero attached hydrogens (tertiary/aromatic N) is 4. The number of nitriles is 1. The number of benzene rings is 3. The monoisotopic (exact) mass is 410 g/mol. The SMILES string of the molecule is COc1ccc(-c2cs/c(=N\N=C\c3ccc(C#N)cc3)n2-c2ccccc2)cc1. The van der Waals surface area contributed by atoms with Gasteiger partial charge in [0.25, 0.3) is 0 Å². The number of hydrogen-bond acceptors (Lipinski definition) is 5. The second-order valence-corrected chi connectivity index (χ2v) is 7.22. The van der Waals surface area contributed by atoms with Crippen molar-refractivity contribution in [1.29, 1.82) is 5.26 Å². The van der Waals surface area contributed by atoms with Crippen molar-refractivity contribution in [1.82, 2.24) is 4.57 Å². The standard InChI is InChI=1S/C24H18N4OS/c1-29-22-13-11-20(12-14-22)23-17-30-24(28(23)21-5-3-2-4-6-21)27-26-16-19-9-7-18(15-25)8-10-19/h2-14,16-17H,1H3/b26-16+,27-24-. The van der Waals surface area contributed by atoms with Crippen molar-refractivity contribution in [2.75, 3.05) is 7.11 Å². The Bertz CT molecular complexity index is 1260. The molecule has 0 fully saturated rings. The Balaban J connectivity index is 1.75. The maximum atomic E-state index is 8.91. The zero-order valence-electron chi connectivity index (χ0n) is 16.3. The summed E-state index contributed by atoms with van der Waals surface area (Å²) in [6.07, 6.45) is 1.68. The van der Waals surface area contributed by atoms with Gasteiger partial charge in [0.1, 0.15) is 5.75 Å². The smallest absolute Gasteiger partial charge is 0.215 e. The molecule has 0 atom stereocenters. The van der Waals surface area contributed by atoms with Gasteiger partial charge in [-0.25, -0.2) is 0 Å². The Kier molecular flexibility index (Phi) is 5.83. The predicted molar refractivity (Wildman–Crippen MR) is 120 cm³/mol. The van der Waals surface area contributed by atoms with E-state index in [-0.39, 0.29) is 0 Å². The molecule has 1 aromatic heterocycles. The van der Waals surface area contributed by atoms with E-state index >= 15 is 0 Å². The molecular weight excluding hydrogens is 392 g/mol. The molecule has 0 aliphatic heterocycles. The van der Waals surface area contributed by atoms with Gasteiger partial charge in [-0.1, -0.05) is 30.3 Å². The first-order valence-electron chi connectivity index (χ1n) is 9.26. The van der Waals surface area contributed by atoms with Crippen LogP contribution in [-0.4, -0.2) is 17.9 Å². The summed E-state index contributed by atoms with van der Waals surface area (Å²) in [5.74, 6) is 0.817. The van der Waals surface area contributed by atoms with Crippen LogP contribution in [0.15, 0.2) is 94.4 Å². The van der Waals surface area contributed by atoms with Gasteiger partial charge >= 0.3 is 0 Å². The van der Waals surface area contributed by atoms with E-state index in [0.29, 0.717) is 5.56 Å². The van der Waals surface area contributed by atoms with Crippen molar-refractivity contribution in [3.8, 4) is 28.8 Å². The van der Waals surface area contributed by atoms with Crippen molar-refractivity contribution in [3.05, 3.63) is 100 Å². The van der Waals surface area contributed by atoms with E-state index in [4.69, 9.17) is 10.00 Å². The average Bonchev–Trinajstić information content (AvgIpc) is 3.24. The van der Waals surface area contributed by atoms with E-state index in [2.05, 4.69) is 26.2 Å². The quantitative estimate of drug-likeness (QED) is 0.342. The van der Waals surface area contributed by atoms with Gasteiger partial charge < -0.3 is 4.74 Å². The minimum Gasteiger partial charge on any atom is -0.497 e. The molecule has 6 heteroatoms. The molecule has 0 saturated carbocycles. The van der Waals surface area contributed by atoms with E-state index in [0.717, 1.165) is 33.1 Å². The van der Waals surface area contributed by atoms with E-state index in [1.165, 1.54) is 11.3 Å². The highest BCUT2D eigenvalue weighted by Gasteiger charge is 2.10. The normalized spacial score (nSPS) is 11.5. The third kappa shape index (κ3) is 4.22. The van der Waals surface area contributed by atoms with Gasteiger partial charge in [0.05, 0.1) is 30.7 Å². The highest BCUT2D eigenvalue weighted by atomic mass is 32.1. The first-order valence-corrected chi connectivity index (χ1v) is 10.1. The van der Waals surface area contributed by atoms with Gasteiger partial charge in [-0.05, 0) is 59.7 Å². The summed E-state index contributed by atoms with van der Waals surface area (Å²) in [5, 5.41) is 19.7. The predicted octanol–water partition coefficient (Wildman–Crippen LogP) is 5.02. The Morgan fingerprint density at radius 3 is 2.37 bits per heavy atom. The fourth-order valence-corrected chi connectivity index (χ4v) is 3.82. The molecule has 30 heavy (non-hydrogen) atoms. The van der Waals surface area contributed by atoms with Crippen molar-refractivity contribution in [3.63, 3.8) is 0 Å². The van der Waals surface area contributed by atoms with Gasteiger partial charge in [-0.3, -0.25) is 4.57 Å². The molecule has 3 aromatic carbocycles. The van der Waals surface area contributed by atoms with Crippen molar-refractivity contribution >= 4 is 17.6 Å². The molecule has 0 bridgehead atoms. The summed E-state index contributed by atoms with van der Waals surface area (Å²) < 4.78 is 7.36. The summed E-state index contributed by atoms with van der Waals surface area (Å²) >= 11 is 1.53. The summed E-state index contributed by atoms with van der Waals surface area (Å²) in [6, 6.07) is 27.4. The molecule has 0 aliphatic carbocycles. The Labute approximate surface area is 178 Å². The maximum absolute atomic E-state index is 8.91. The van der Waals surface area contributed by atoms with Crippen molar-refractivity contribution in [2.45, 2.75) is 0 Å². The fourth-order valence-electron chi connectivity index (χ4n) is 2.96. The summed E-state index contributed by atoms with van der Waals surface area (Å²) in [4.78, 5) is 0.761. The lowest BCUT2D eigenvalue weighted by Gasteiger charge is -2.09. The second-order valence-electron chi connectivity index (χ2n) is 6.38. The van der Waals surface area contributed by atoms with Crippen LogP contribution in [0.5, 0.6) is 5.75 Å². The fraction of sp³-hybridized carbons (Fsp3) is 0.0417. The minimum atomic E-state index is 0.619. The lowest BCUT2D eigenvalue weighted by atomic mass is 10.1. The molecule has 0 radical (unpaired) electrons. The van der Waals surface area contributed by atoms with Crippen LogP contribution in [0.3, 0.4) is 0 Å². The van der Waals surface area contributed by atoms with E-state index in [9.17, 15) is 0 Å². The van der Waals surface area contributed by atoms with E-state index < -0.39 is 0 Å². The largest absolute Gasteiger partial charge is 0.497 e. The van der Waals surface area contributed by atoms with Crippen LogP contribution in [0.1, 0.15) is 11.1 Å². The van der Waals surface area contributed by atoms with Gasteiger partial charge in [-0.15, -0.1) is 16.4 Å². The molecule has 146 valence electrons. The van der Waals surface area contributed by atoms with Crippen LogP contribution >= 0.6 is 11.3 Å². The molecule has 0 unspecified atom stereocenters. The van der Waals surface area contributed by atoms with Crippen LogP contribution in [0.4, 0.5) is 0 Å². The highest BCUT2D eigenvalue weighted by molar-refractivity contribution is 7.07. The molecule has 0 amide bonds. The lowest BCUT2D eigenvalue weighted by molar-refractivity contribution is 0.415. The summed E-state index contributed by atoms with van der Waals surface area (Å²) in [6.45, 7) is 0. The highest BCUT2D eigenvalue weighted by Crippen LogP contribution is 2.25. The molecule has 0 N–H and O–H groups in total. The number of aromatic nitrogens is 1. The lowest BCUT2D eigenvalue weighted by Crippen LogP contribution is -2.13. The van der Waals surface area contributed by atoms with Crippen LogP contribution in [0.25, 0.3) is 16.9 Å². The first kappa shape index (κ1) is 19.4. The molecule has 0 spiro atoms. The summed E-state index contributed by atoms with van der Waals surface area (Å²) in [7, 11) is 1.66. The molecule has 1 heterocycles. The van der Waals surface area contributed by atoms with Gasteiger partial charge in [0.2, 0.25) is 4.80 Å². The third-order valence-electron chi connectivity index (χ3n) is 4.50. The topological polar surface area (TPSA) is 62.7 Å². The average molecular weight is 411 g/mol. The van der Waals surface area contributed by atoms with Gasteiger partial charge in [0, 0.05) is 11.1 Å². The van der Waals surface area contributed by atoms with Gasteiger partial charge in [-0.2, -0.15) is 10.4 Å². The number of rotatable bonds is 5. The minimum absolute atomic E-state index is 0.619. The van der Waals surface area contributed by atoms with E-state index in [1.54, 1.807) is 25.5 Å². The van der Waals surface area contributed by atoms with Crippen LogP contribution in [0.2, 0.25) is 0 Å².